The zero-order valence-electron chi connectivity index (χ0n) is 22.8. The van der Waals surface area contributed by atoms with Gasteiger partial charge in [-0.3, -0.25) is 14.2 Å². The van der Waals surface area contributed by atoms with Gasteiger partial charge >= 0.3 is 11.6 Å². The lowest BCUT2D eigenvalue weighted by Gasteiger charge is -2.20. The van der Waals surface area contributed by atoms with Crippen LogP contribution in [0, 0.1) is 12.3 Å². The number of ether oxygens (including phenoxy) is 1. The second-order valence-corrected chi connectivity index (χ2v) is 10.5. The zero-order chi connectivity index (χ0) is 26.8. The van der Waals surface area contributed by atoms with Crippen molar-refractivity contribution in [3.05, 3.63) is 68.8 Å². The van der Waals surface area contributed by atoms with E-state index in [1.807, 2.05) is 58.0 Å². The summed E-state index contributed by atoms with van der Waals surface area (Å²) < 4.78 is 12.6. The molecular weight excluding hydrogens is 466 g/mol. The van der Waals surface area contributed by atoms with E-state index < -0.39 is 11.0 Å². The Morgan fingerprint density at radius 2 is 1.54 bits per heavy atom. The summed E-state index contributed by atoms with van der Waals surface area (Å²) in [5.74, 6) is -0.105. The van der Waals surface area contributed by atoms with Crippen LogP contribution in [0.2, 0.25) is 0 Å². The molecule has 0 spiro atoms. The number of unbranched alkanes of at least 4 members (excludes halogenated alkanes) is 7. The molecule has 0 fully saturated rings. The number of nitrogens with zero attached hydrogens (tertiary/aromatic N) is 1. The maximum absolute atomic E-state index is 12.8. The fourth-order valence-electron chi connectivity index (χ4n) is 4.37. The van der Waals surface area contributed by atoms with Gasteiger partial charge in [-0.2, -0.15) is 0 Å². The van der Waals surface area contributed by atoms with Crippen LogP contribution in [0.4, 0.5) is 0 Å². The SMILES string of the molecule is CCC(C)(C)C(=O)OCCCCCCCCCCn1c(=O)ccc2cc(-c3ccccc3C)c(=O)oc21. The molecule has 0 atom stereocenters. The number of esters is 1. The molecule has 0 radical (unpaired) electrons. The van der Waals surface area contributed by atoms with Gasteiger partial charge in [-0.25, -0.2) is 4.79 Å². The molecule has 0 aliphatic heterocycles. The molecule has 0 unspecified atom stereocenters. The Morgan fingerprint density at radius 1 is 0.892 bits per heavy atom. The first-order valence-electron chi connectivity index (χ1n) is 13.7. The quantitative estimate of drug-likeness (QED) is 0.173. The molecule has 0 amide bonds. The van der Waals surface area contributed by atoms with E-state index in [9.17, 15) is 14.4 Å². The molecule has 37 heavy (non-hydrogen) atoms. The molecule has 0 aliphatic carbocycles. The summed E-state index contributed by atoms with van der Waals surface area (Å²) in [6.07, 6.45) is 9.14. The molecule has 0 bridgehead atoms. The van der Waals surface area contributed by atoms with Crippen LogP contribution >= 0.6 is 0 Å². The standard InChI is InChI=1S/C31H41NO5/c1-5-31(3,4)30(35)36-21-15-11-9-7-6-8-10-14-20-32-27(33)19-18-24-22-26(29(34)37-28(24)32)25-17-13-12-16-23(25)2/h12-13,16-19,22H,5-11,14-15,20-21H2,1-4H3. The number of hydrogen-bond acceptors (Lipinski definition) is 5. The van der Waals surface area contributed by atoms with Crippen LogP contribution in [0.1, 0.15) is 84.1 Å². The number of carbonyl (C=O) groups excluding carboxylic acids is 1. The van der Waals surface area contributed by atoms with Crippen LogP contribution in [0.3, 0.4) is 0 Å². The van der Waals surface area contributed by atoms with E-state index in [1.165, 1.54) is 0 Å². The Bertz CT molecular complexity index is 1300. The van der Waals surface area contributed by atoms with Crippen molar-refractivity contribution in [3.63, 3.8) is 0 Å². The Balaban J connectivity index is 1.43. The molecule has 0 aliphatic rings. The Kier molecular flexibility index (Phi) is 10.3. The van der Waals surface area contributed by atoms with Crippen LogP contribution in [0.5, 0.6) is 0 Å². The molecule has 3 aromatic rings. The average molecular weight is 508 g/mol. The van der Waals surface area contributed by atoms with Crippen molar-refractivity contribution >= 4 is 17.1 Å². The van der Waals surface area contributed by atoms with Gasteiger partial charge in [-0.1, -0.05) is 69.7 Å². The number of hydrogen-bond donors (Lipinski definition) is 0. The van der Waals surface area contributed by atoms with Crippen LogP contribution in [0.25, 0.3) is 22.2 Å². The summed E-state index contributed by atoms with van der Waals surface area (Å²) in [5, 5.41) is 0.751. The van der Waals surface area contributed by atoms with Crippen molar-refractivity contribution < 1.29 is 13.9 Å². The number of aromatic nitrogens is 1. The van der Waals surface area contributed by atoms with E-state index in [1.54, 1.807) is 16.7 Å². The van der Waals surface area contributed by atoms with Gasteiger partial charge in [0.1, 0.15) is 0 Å². The Labute approximate surface area is 219 Å². The summed E-state index contributed by atoms with van der Waals surface area (Å²) >= 11 is 0. The van der Waals surface area contributed by atoms with Crippen LogP contribution in [-0.2, 0) is 16.1 Å². The number of fused-ring (bicyclic) bond motifs is 1. The molecule has 2 aromatic heterocycles. The summed E-state index contributed by atoms with van der Waals surface area (Å²) in [4.78, 5) is 37.3. The van der Waals surface area contributed by atoms with Gasteiger partial charge in [0.25, 0.3) is 5.56 Å². The summed E-state index contributed by atoms with van der Waals surface area (Å²) in [5.41, 5.74) is 1.73. The maximum atomic E-state index is 12.8. The van der Waals surface area contributed by atoms with Crippen molar-refractivity contribution in [2.24, 2.45) is 5.41 Å². The number of aryl methyl sites for hydroxylation is 2. The highest BCUT2D eigenvalue weighted by atomic mass is 16.5. The average Bonchev–Trinajstić information content (AvgIpc) is 2.88. The van der Waals surface area contributed by atoms with E-state index in [0.717, 1.165) is 74.3 Å². The monoisotopic (exact) mass is 507 g/mol. The zero-order valence-corrected chi connectivity index (χ0v) is 22.8. The third kappa shape index (κ3) is 7.67. The minimum Gasteiger partial charge on any atom is -0.465 e. The molecule has 0 saturated heterocycles. The minimum atomic E-state index is -0.426. The number of benzene rings is 1. The first-order chi connectivity index (χ1) is 17.7. The van der Waals surface area contributed by atoms with Crippen molar-refractivity contribution in [2.45, 2.75) is 92.0 Å². The third-order valence-electron chi connectivity index (χ3n) is 7.25. The van der Waals surface area contributed by atoms with Gasteiger partial charge < -0.3 is 9.15 Å². The smallest absolute Gasteiger partial charge is 0.345 e. The molecular formula is C31H41NO5. The molecule has 200 valence electrons. The van der Waals surface area contributed by atoms with Gasteiger partial charge in [-0.15, -0.1) is 0 Å². The van der Waals surface area contributed by atoms with Crippen molar-refractivity contribution in [1.82, 2.24) is 4.57 Å². The molecule has 3 rings (SSSR count). The Morgan fingerprint density at radius 3 is 2.22 bits per heavy atom. The molecule has 1 aromatic carbocycles. The summed E-state index contributed by atoms with van der Waals surface area (Å²) in [7, 11) is 0. The highest BCUT2D eigenvalue weighted by Crippen LogP contribution is 2.24. The molecule has 2 heterocycles. The second-order valence-electron chi connectivity index (χ2n) is 10.5. The lowest BCUT2D eigenvalue weighted by molar-refractivity contribution is -0.154. The van der Waals surface area contributed by atoms with E-state index in [4.69, 9.17) is 9.15 Å². The minimum absolute atomic E-state index is 0.105. The van der Waals surface area contributed by atoms with Gasteiger partial charge in [0.2, 0.25) is 5.71 Å². The number of rotatable bonds is 14. The van der Waals surface area contributed by atoms with Gasteiger partial charge in [0.05, 0.1) is 17.6 Å². The highest BCUT2D eigenvalue weighted by Gasteiger charge is 2.26. The van der Waals surface area contributed by atoms with Gasteiger partial charge in [0, 0.05) is 18.0 Å². The molecule has 6 heteroatoms. The van der Waals surface area contributed by atoms with Crippen LogP contribution in [-0.4, -0.2) is 17.1 Å². The summed E-state index contributed by atoms with van der Waals surface area (Å²) in [6, 6.07) is 12.8. The Hall–Kier alpha value is -3.15. The van der Waals surface area contributed by atoms with Gasteiger partial charge in [0.15, 0.2) is 0 Å². The van der Waals surface area contributed by atoms with E-state index in [-0.39, 0.29) is 11.5 Å². The summed E-state index contributed by atoms with van der Waals surface area (Å²) in [6.45, 7) is 8.84. The van der Waals surface area contributed by atoms with Crippen molar-refractivity contribution in [2.75, 3.05) is 6.61 Å². The third-order valence-corrected chi connectivity index (χ3v) is 7.25. The van der Waals surface area contributed by atoms with Gasteiger partial charge in [-0.05, 0) is 63.3 Å². The first kappa shape index (κ1) is 28.4. The van der Waals surface area contributed by atoms with E-state index in [0.29, 0.717) is 24.4 Å². The largest absolute Gasteiger partial charge is 0.465 e. The predicted molar refractivity (Wildman–Crippen MR) is 149 cm³/mol. The first-order valence-corrected chi connectivity index (χ1v) is 13.7. The lowest BCUT2D eigenvalue weighted by Crippen LogP contribution is -2.26. The maximum Gasteiger partial charge on any atom is 0.345 e. The van der Waals surface area contributed by atoms with Crippen molar-refractivity contribution in [3.8, 4) is 11.1 Å². The van der Waals surface area contributed by atoms with E-state index >= 15 is 0 Å². The highest BCUT2D eigenvalue weighted by molar-refractivity contribution is 5.80. The van der Waals surface area contributed by atoms with Crippen LogP contribution < -0.4 is 11.2 Å². The van der Waals surface area contributed by atoms with Crippen molar-refractivity contribution in [1.29, 1.82) is 0 Å². The van der Waals surface area contributed by atoms with E-state index in [2.05, 4.69) is 0 Å². The predicted octanol–water partition coefficient (Wildman–Crippen LogP) is 7.03. The fraction of sp³-hybridized carbons (Fsp3) is 0.516. The van der Waals surface area contributed by atoms with Crippen LogP contribution in [0.15, 0.2) is 56.5 Å². The molecule has 0 saturated carbocycles. The fourth-order valence-corrected chi connectivity index (χ4v) is 4.37. The molecule has 0 N–H and O–H groups in total. The topological polar surface area (TPSA) is 78.5 Å². The number of pyridine rings is 1. The normalized spacial score (nSPS) is 11.7. The number of carbonyl (C=O) groups is 1. The lowest BCUT2D eigenvalue weighted by atomic mass is 9.91. The molecule has 6 nitrogen and oxygen atoms in total. The second kappa shape index (κ2) is 13.4.